The van der Waals surface area contributed by atoms with Gasteiger partial charge in [0.25, 0.3) is 0 Å². The Morgan fingerprint density at radius 3 is 2.75 bits per heavy atom. The zero-order chi connectivity index (χ0) is 12.0. The quantitative estimate of drug-likeness (QED) is 0.775. The number of nitrogens with zero attached hydrogens (tertiary/aromatic N) is 1. The number of carbonyl (C=O) groups is 1. The Kier molecular flexibility index (Phi) is 4.64. The van der Waals surface area contributed by atoms with E-state index in [4.69, 9.17) is 0 Å². The molecule has 0 saturated heterocycles. The minimum Gasteiger partial charge on any atom is -0.324 e. The van der Waals surface area contributed by atoms with E-state index in [1.54, 1.807) is 0 Å². The van der Waals surface area contributed by atoms with Crippen LogP contribution in [-0.4, -0.2) is 12.5 Å². The topological polar surface area (TPSA) is 58.5 Å². The third-order valence-corrected chi connectivity index (χ3v) is 2.59. The second kappa shape index (κ2) is 6.00. The summed E-state index contributed by atoms with van der Waals surface area (Å²) in [5, 5.41) is 5.26. The number of hydrogen-bond acceptors (Lipinski definition) is 3. The molecule has 4 nitrogen and oxygen atoms in total. The van der Waals surface area contributed by atoms with Gasteiger partial charge in [-0.25, -0.2) is 0 Å². The molecule has 0 aliphatic carbocycles. The van der Waals surface area contributed by atoms with Gasteiger partial charge in [-0.15, -0.1) is 0 Å². The molecule has 0 heterocycles. The zero-order valence-electron chi connectivity index (χ0n) is 9.56. The third kappa shape index (κ3) is 3.15. The molecule has 1 aromatic rings. The van der Waals surface area contributed by atoms with Gasteiger partial charge in [-0.05, 0) is 24.0 Å². The number of nitrogens with one attached hydrogen (secondary N) is 1. The van der Waals surface area contributed by atoms with Crippen molar-refractivity contribution in [3.63, 3.8) is 0 Å². The summed E-state index contributed by atoms with van der Waals surface area (Å²) in [5.41, 5.74) is 1.86. The van der Waals surface area contributed by atoms with Crippen LogP contribution in [-0.2, 0) is 4.79 Å². The van der Waals surface area contributed by atoms with E-state index in [-0.39, 0.29) is 12.5 Å². The number of benzene rings is 1. The number of rotatable bonds is 5. The molecule has 0 aromatic heterocycles. The molecular weight excluding hydrogens is 204 g/mol. The molecule has 1 amide bonds. The Labute approximate surface area is 95.0 Å². The Morgan fingerprint density at radius 2 is 2.12 bits per heavy atom. The standard InChI is InChI=1S/C12H16N2O2/c1-3-9(2)10-6-4-5-7-11(10)14-12(15)8-13-16/h4-7,9H,3,8H2,1-2H3,(H,14,15). The molecule has 16 heavy (non-hydrogen) atoms. The van der Waals surface area contributed by atoms with Gasteiger partial charge in [0.1, 0.15) is 0 Å². The van der Waals surface area contributed by atoms with Gasteiger partial charge in [-0.2, -0.15) is 4.91 Å². The van der Waals surface area contributed by atoms with Gasteiger partial charge >= 0.3 is 0 Å². The van der Waals surface area contributed by atoms with Crippen molar-refractivity contribution in [2.75, 3.05) is 11.9 Å². The molecule has 4 heteroatoms. The smallest absolute Gasteiger partial charge is 0.249 e. The van der Waals surface area contributed by atoms with Crippen LogP contribution in [0.3, 0.4) is 0 Å². The lowest BCUT2D eigenvalue weighted by Gasteiger charge is -2.14. The lowest BCUT2D eigenvalue weighted by Crippen LogP contribution is -2.16. The molecule has 86 valence electrons. The fourth-order valence-electron chi connectivity index (χ4n) is 1.51. The molecule has 0 fully saturated rings. The second-order valence-electron chi connectivity index (χ2n) is 3.73. The summed E-state index contributed by atoms with van der Waals surface area (Å²) in [7, 11) is 0. The van der Waals surface area contributed by atoms with Crippen molar-refractivity contribution in [3.8, 4) is 0 Å². The molecule has 1 unspecified atom stereocenters. The zero-order valence-corrected chi connectivity index (χ0v) is 9.56. The first kappa shape index (κ1) is 12.4. The summed E-state index contributed by atoms with van der Waals surface area (Å²) in [4.78, 5) is 21.2. The maximum absolute atomic E-state index is 11.3. The molecule has 0 saturated carbocycles. The summed E-state index contributed by atoms with van der Waals surface area (Å²) >= 11 is 0. The van der Waals surface area contributed by atoms with Crippen LogP contribution >= 0.6 is 0 Å². The molecular formula is C12H16N2O2. The van der Waals surface area contributed by atoms with E-state index in [0.29, 0.717) is 5.92 Å². The van der Waals surface area contributed by atoms with E-state index in [0.717, 1.165) is 17.7 Å². The minimum absolute atomic E-state index is 0.338. The normalized spacial score (nSPS) is 11.9. The minimum atomic E-state index is -0.370. The Hall–Kier alpha value is -1.71. The lowest BCUT2D eigenvalue weighted by atomic mass is 9.97. The van der Waals surface area contributed by atoms with Gasteiger partial charge in [0, 0.05) is 5.69 Å². The van der Waals surface area contributed by atoms with Gasteiger partial charge in [-0.1, -0.05) is 37.2 Å². The van der Waals surface area contributed by atoms with Crippen LogP contribution in [0.4, 0.5) is 5.69 Å². The second-order valence-corrected chi connectivity index (χ2v) is 3.73. The van der Waals surface area contributed by atoms with Crippen LogP contribution in [0.15, 0.2) is 29.4 Å². The molecule has 1 rings (SSSR count). The van der Waals surface area contributed by atoms with E-state index in [1.807, 2.05) is 24.3 Å². The monoisotopic (exact) mass is 220 g/mol. The van der Waals surface area contributed by atoms with Crippen LogP contribution in [0.2, 0.25) is 0 Å². The first-order chi connectivity index (χ1) is 7.69. The van der Waals surface area contributed by atoms with Crippen molar-refractivity contribution in [2.45, 2.75) is 26.2 Å². The largest absolute Gasteiger partial charge is 0.324 e. The average Bonchev–Trinajstić information content (AvgIpc) is 2.29. The maximum atomic E-state index is 11.3. The van der Waals surface area contributed by atoms with Crippen LogP contribution < -0.4 is 5.32 Å². The molecule has 0 aliphatic heterocycles. The van der Waals surface area contributed by atoms with E-state index >= 15 is 0 Å². The van der Waals surface area contributed by atoms with E-state index < -0.39 is 0 Å². The van der Waals surface area contributed by atoms with E-state index in [1.165, 1.54) is 0 Å². The van der Waals surface area contributed by atoms with Crippen LogP contribution in [0.1, 0.15) is 31.7 Å². The maximum Gasteiger partial charge on any atom is 0.249 e. The Balaban J connectivity index is 2.86. The van der Waals surface area contributed by atoms with Gasteiger partial charge in [0.05, 0.1) is 0 Å². The number of para-hydroxylation sites is 1. The van der Waals surface area contributed by atoms with Crippen LogP contribution in [0.25, 0.3) is 0 Å². The van der Waals surface area contributed by atoms with Crippen molar-refractivity contribution >= 4 is 11.6 Å². The van der Waals surface area contributed by atoms with Crippen molar-refractivity contribution < 1.29 is 4.79 Å². The highest BCUT2D eigenvalue weighted by atomic mass is 16.3. The lowest BCUT2D eigenvalue weighted by molar-refractivity contribution is -0.114. The molecule has 1 N–H and O–H groups in total. The molecule has 0 spiro atoms. The van der Waals surface area contributed by atoms with Crippen molar-refractivity contribution in [2.24, 2.45) is 5.18 Å². The summed E-state index contributed by atoms with van der Waals surface area (Å²) in [6.07, 6.45) is 0.999. The van der Waals surface area contributed by atoms with Crippen molar-refractivity contribution in [1.29, 1.82) is 0 Å². The van der Waals surface area contributed by atoms with E-state index in [9.17, 15) is 9.70 Å². The van der Waals surface area contributed by atoms with Crippen LogP contribution in [0, 0.1) is 4.91 Å². The predicted octanol–water partition coefficient (Wildman–Crippen LogP) is 2.91. The highest BCUT2D eigenvalue weighted by Crippen LogP contribution is 2.26. The number of anilines is 1. The number of carbonyl (C=O) groups excluding carboxylic acids is 1. The third-order valence-electron chi connectivity index (χ3n) is 2.59. The van der Waals surface area contributed by atoms with Crippen molar-refractivity contribution in [3.05, 3.63) is 34.7 Å². The van der Waals surface area contributed by atoms with E-state index in [2.05, 4.69) is 24.3 Å². The fourth-order valence-corrected chi connectivity index (χ4v) is 1.51. The summed E-state index contributed by atoms with van der Waals surface area (Å²) < 4.78 is 0. The number of nitroso groups, excluding NO2 is 1. The number of amides is 1. The van der Waals surface area contributed by atoms with Crippen LogP contribution in [0.5, 0.6) is 0 Å². The molecule has 1 atom stereocenters. The summed E-state index contributed by atoms with van der Waals surface area (Å²) in [6, 6.07) is 7.62. The summed E-state index contributed by atoms with van der Waals surface area (Å²) in [5.74, 6) is 0.00597. The molecule has 0 radical (unpaired) electrons. The number of hydrogen-bond donors (Lipinski definition) is 1. The molecule has 0 aliphatic rings. The first-order valence-electron chi connectivity index (χ1n) is 5.37. The SMILES string of the molecule is CCC(C)c1ccccc1NC(=O)CN=O. The van der Waals surface area contributed by atoms with Gasteiger partial charge in [-0.3, -0.25) is 4.79 Å². The molecule has 1 aromatic carbocycles. The Morgan fingerprint density at radius 1 is 1.44 bits per heavy atom. The van der Waals surface area contributed by atoms with Gasteiger partial charge in [0.2, 0.25) is 5.91 Å². The predicted molar refractivity (Wildman–Crippen MR) is 64.4 cm³/mol. The summed E-state index contributed by atoms with van der Waals surface area (Å²) in [6.45, 7) is 3.86. The highest BCUT2D eigenvalue weighted by Gasteiger charge is 2.10. The van der Waals surface area contributed by atoms with Gasteiger partial charge in [0.15, 0.2) is 6.54 Å². The average molecular weight is 220 g/mol. The first-order valence-corrected chi connectivity index (χ1v) is 5.37. The molecule has 0 bridgehead atoms. The Bertz CT molecular complexity index is 377. The fraction of sp³-hybridized carbons (Fsp3) is 0.417. The van der Waals surface area contributed by atoms with Gasteiger partial charge < -0.3 is 5.32 Å². The van der Waals surface area contributed by atoms with Crippen molar-refractivity contribution in [1.82, 2.24) is 0 Å². The highest BCUT2D eigenvalue weighted by molar-refractivity contribution is 5.93.